The standard InChI is InChI=1S/C19H24N4O3S/c1-26-14-7-5-12(6-8-14)16-10-15(17(27-16)22-19(21)25)18(24)23-9-3-2-4-13(20)11-23/h5-8,10,13H,2-4,9,11,20H2,1H3,(H3,21,22,25)/t13-/m0/s1. The molecule has 2 aromatic rings. The molecule has 5 N–H and O–H groups in total. The largest absolute Gasteiger partial charge is 0.497 e. The van der Waals surface area contributed by atoms with Crippen molar-refractivity contribution in [3.8, 4) is 16.2 Å². The molecule has 3 rings (SSSR count). The van der Waals surface area contributed by atoms with Gasteiger partial charge in [-0.15, -0.1) is 11.3 Å². The van der Waals surface area contributed by atoms with Crippen molar-refractivity contribution in [3.63, 3.8) is 0 Å². The Balaban J connectivity index is 1.93. The van der Waals surface area contributed by atoms with Gasteiger partial charge in [0.25, 0.3) is 5.91 Å². The number of carbonyl (C=O) groups excluding carboxylic acids is 2. The number of nitrogens with one attached hydrogen (secondary N) is 1. The quantitative estimate of drug-likeness (QED) is 0.748. The SMILES string of the molecule is COc1ccc(-c2cc(C(=O)N3CCCC[C@H](N)C3)c(NC(N)=O)s2)cc1. The second-order valence-electron chi connectivity index (χ2n) is 6.58. The number of likely N-dealkylation sites (tertiary alicyclic amines) is 1. The molecular formula is C19H24N4O3S. The van der Waals surface area contributed by atoms with Gasteiger partial charge in [0.05, 0.1) is 12.7 Å². The van der Waals surface area contributed by atoms with Crippen molar-refractivity contribution in [1.29, 1.82) is 0 Å². The Labute approximate surface area is 162 Å². The van der Waals surface area contributed by atoms with Crippen LogP contribution in [0.25, 0.3) is 10.4 Å². The predicted octanol–water partition coefficient (Wildman–Crippen LogP) is 2.87. The number of methoxy groups -OCH3 is 1. The number of benzene rings is 1. The van der Waals surface area contributed by atoms with E-state index in [2.05, 4.69) is 5.32 Å². The van der Waals surface area contributed by atoms with E-state index in [1.54, 1.807) is 18.1 Å². The number of carbonyl (C=O) groups is 2. The number of nitrogens with zero attached hydrogens (tertiary/aromatic N) is 1. The van der Waals surface area contributed by atoms with Crippen molar-refractivity contribution in [2.24, 2.45) is 11.5 Å². The fraction of sp³-hybridized carbons (Fsp3) is 0.368. The summed E-state index contributed by atoms with van der Waals surface area (Å²) in [6, 6.07) is 8.61. The van der Waals surface area contributed by atoms with Crippen LogP contribution < -0.4 is 21.5 Å². The molecular weight excluding hydrogens is 364 g/mol. The van der Waals surface area contributed by atoms with Crippen LogP contribution in [0.2, 0.25) is 0 Å². The van der Waals surface area contributed by atoms with Gasteiger partial charge in [-0.1, -0.05) is 6.42 Å². The molecule has 1 fully saturated rings. The third kappa shape index (κ3) is 4.58. The van der Waals surface area contributed by atoms with Gasteiger partial charge in [0.1, 0.15) is 10.8 Å². The Bertz CT molecular complexity index is 819. The highest BCUT2D eigenvalue weighted by atomic mass is 32.1. The van der Waals surface area contributed by atoms with Crippen LogP contribution in [0.1, 0.15) is 29.6 Å². The fourth-order valence-electron chi connectivity index (χ4n) is 3.18. The summed E-state index contributed by atoms with van der Waals surface area (Å²) >= 11 is 1.32. The third-order valence-electron chi connectivity index (χ3n) is 4.57. The smallest absolute Gasteiger partial charge is 0.317 e. The Hall–Kier alpha value is -2.58. The predicted molar refractivity (Wildman–Crippen MR) is 107 cm³/mol. The lowest BCUT2D eigenvalue weighted by atomic mass is 10.1. The second kappa shape index (κ2) is 8.41. The molecule has 3 amide bonds. The van der Waals surface area contributed by atoms with Crippen LogP contribution in [-0.4, -0.2) is 43.1 Å². The zero-order valence-electron chi connectivity index (χ0n) is 15.2. The maximum Gasteiger partial charge on any atom is 0.317 e. The maximum atomic E-state index is 13.1. The van der Waals surface area contributed by atoms with Crippen LogP contribution in [0, 0.1) is 0 Å². The molecule has 0 unspecified atom stereocenters. The van der Waals surface area contributed by atoms with Crippen molar-refractivity contribution >= 4 is 28.3 Å². The van der Waals surface area contributed by atoms with Crippen LogP contribution in [-0.2, 0) is 0 Å². The van der Waals surface area contributed by atoms with E-state index in [4.69, 9.17) is 16.2 Å². The van der Waals surface area contributed by atoms with Crippen molar-refractivity contribution in [1.82, 2.24) is 4.90 Å². The molecule has 1 saturated heterocycles. The second-order valence-corrected chi connectivity index (χ2v) is 7.63. The maximum absolute atomic E-state index is 13.1. The molecule has 0 aliphatic carbocycles. The van der Waals surface area contributed by atoms with E-state index in [1.807, 2.05) is 24.3 Å². The number of ether oxygens (including phenoxy) is 1. The monoisotopic (exact) mass is 388 g/mol. The Morgan fingerprint density at radius 1 is 1.26 bits per heavy atom. The highest BCUT2D eigenvalue weighted by Crippen LogP contribution is 2.37. The van der Waals surface area contributed by atoms with Crippen LogP contribution >= 0.6 is 11.3 Å². The van der Waals surface area contributed by atoms with Crippen molar-refractivity contribution in [3.05, 3.63) is 35.9 Å². The van der Waals surface area contributed by atoms with Gasteiger partial charge in [-0.3, -0.25) is 10.1 Å². The summed E-state index contributed by atoms with van der Waals surface area (Å²) in [4.78, 5) is 27.2. The molecule has 27 heavy (non-hydrogen) atoms. The lowest BCUT2D eigenvalue weighted by Gasteiger charge is -2.22. The first-order chi connectivity index (χ1) is 13.0. The van der Waals surface area contributed by atoms with Gasteiger partial charge < -0.3 is 21.1 Å². The highest BCUT2D eigenvalue weighted by Gasteiger charge is 2.25. The van der Waals surface area contributed by atoms with Gasteiger partial charge >= 0.3 is 6.03 Å². The summed E-state index contributed by atoms with van der Waals surface area (Å²) in [6.45, 7) is 1.18. The normalized spacial score (nSPS) is 17.3. The van der Waals surface area contributed by atoms with E-state index < -0.39 is 6.03 Å². The van der Waals surface area contributed by atoms with Crippen LogP contribution in [0.15, 0.2) is 30.3 Å². The summed E-state index contributed by atoms with van der Waals surface area (Å²) in [6.07, 6.45) is 2.85. The molecule has 144 valence electrons. The molecule has 8 heteroatoms. The van der Waals surface area contributed by atoms with E-state index in [1.165, 1.54) is 11.3 Å². The van der Waals surface area contributed by atoms with Crippen molar-refractivity contribution in [2.45, 2.75) is 25.3 Å². The van der Waals surface area contributed by atoms with Crippen LogP contribution in [0.4, 0.5) is 9.80 Å². The van der Waals surface area contributed by atoms with E-state index >= 15 is 0 Å². The minimum Gasteiger partial charge on any atom is -0.497 e. The first kappa shape index (κ1) is 19.2. The van der Waals surface area contributed by atoms with E-state index in [-0.39, 0.29) is 11.9 Å². The number of primary amides is 1. The molecule has 0 saturated carbocycles. The summed E-state index contributed by atoms with van der Waals surface area (Å²) in [5.74, 6) is 0.618. The van der Waals surface area contributed by atoms with Gasteiger partial charge in [0.2, 0.25) is 0 Å². The Morgan fingerprint density at radius 2 is 2.00 bits per heavy atom. The molecule has 1 aromatic heterocycles. The van der Waals surface area contributed by atoms with Crippen molar-refractivity contribution < 1.29 is 14.3 Å². The molecule has 7 nitrogen and oxygen atoms in total. The zero-order valence-corrected chi connectivity index (χ0v) is 16.1. The third-order valence-corrected chi connectivity index (χ3v) is 5.67. The molecule has 1 aliphatic rings. The van der Waals surface area contributed by atoms with Gasteiger partial charge in [0, 0.05) is 24.0 Å². The summed E-state index contributed by atoms with van der Waals surface area (Å²) in [5.41, 5.74) is 12.8. The van der Waals surface area contributed by atoms with Crippen LogP contribution in [0.3, 0.4) is 0 Å². The molecule has 2 heterocycles. The Morgan fingerprint density at radius 3 is 2.67 bits per heavy atom. The van der Waals surface area contributed by atoms with Gasteiger partial charge in [-0.05, 0) is 48.7 Å². The number of urea groups is 1. The number of amides is 3. The van der Waals surface area contributed by atoms with Gasteiger partial charge in [0.15, 0.2) is 0 Å². The van der Waals surface area contributed by atoms with Gasteiger partial charge in [-0.2, -0.15) is 0 Å². The molecule has 1 aromatic carbocycles. The first-order valence-corrected chi connectivity index (χ1v) is 9.69. The molecule has 1 atom stereocenters. The average Bonchev–Trinajstić information content (AvgIpc) is 2.93. The number of rotatable bonds is 4. The number of hydrogen-bond donors (Lipinski definition) is 3. The summed E-state index contributed by atoms with van der Waals surface area (Å²) in [7, 11) is 1.61. The highest BCUT2D eigenvalue weighted by molar-refractivity contribution is 7.20. The summed E-state index contributed by atoms with van der Waals surface area (Å²) in [5, 5.41) is 3.04. The lowest BCUT2D eigenvalue weighted by Crippen LogP contribution is -2.39. The molecule has 1 aliphatic heterocycles. The first-order valence-electron chi connectivity index (χ1n) is 8.87. The minimum absolute atomic E-state index is 0.0244. The minimum atomic E-state index is -0.695. The molecule has 0 radical (unpaired) electrons. The van der Waals surface area contributed by atoms with Crippen LogP contribution in [0.5, 0.6) is 5.75 Å². The van der Waals surface area contributed by atoms with Crippen molar-refractivity contribution in [2.75, 3.05) is 25.5 Å². The van der Waals surface area contributed by atoms with E-state index in [0.717, 1.165) is 35.5 Å². The molecule has 0 spiro atoms. The number of hydrogen-bond acceptors (Lipinski definition) is 5. The lowest BCUT2D eigenvalue weighted by molar-refractivity contribution is 0.0756. The topological polar surface area (TPSA) is 111 Å². The number of nitrogens with two attached hydrogens (primary N) is 2. The van der Waals surface area contributed by atoms with E-state index in [9.17, 15) is 9.59 Å². The fourth-order valence-corrected chi connectivity index (χ4v) is 4.24. The number of thiophene rings is 1. The number of anilines is 1. The van der Waals surface area contributed by atoms with E-state index in [0.29, 0.717) is 23.7 Å². The Kier molecular flexibility index (Phi) is 5.98. The summed E-state index contributed by atoms with van der Waals surface area (Å²) < 4.78 is 5.18. The molecule has 0 bridgehead atoms. The average molecular weight is 388 g/mol. The van der Waals surface area contributed by atoms with Gasteiger partial charge in [-0.25, -0.2) is 4.79 Å². The zero-order chi connectivity index (χ0) is 19.4.